The SMILES string of the molecule is CCOC(=O)[C@@](C)(CCn1cc(F)c2cc(Br)ccc2c1=O)S(C)(=O)=O. The Morgan fingerprint density at radius 1 is 1.35 bits per heavy atom. The number of esters is 1. The lowest BCUT2D eigenvalue weighted by Crippen LogP contribution is -2.45. The Morgan fingerprint density at radius 2 is 2.00 bits per heavy atom. The third kappa shape index (κ3) is 3.83. The van der Waals surface area contributed by atoms with Crippen molar-refractivity contribution in [2.45, 2.75) is 31.6 Å². The van der Waals surface area contributed by atoms with Gasteiger partial charge >= 0.3 is 5.97 Å². The number of sulfone groups is 1. The molecule has 142 valence electrons. The van der Waals surface area contributed by atoms with E-state index >= 15 is 0 Å². The molecule has 0 fully saturated rings. The highest BCUT2D eigenvalue weighted by Gasteiger charge is 2.44. The van der Waals surface area contributed by atoms with E-state index in [1.807, 2.05) is 0 Å². The number of nitrogens with zero attached hydrogens (tertiary/aromatic N) is 1. The molecular weight excluding hydrogens is 429 g/mol. The van der Waals surface area contributed by atoms with Crippen LogP contribution >= 0.6 is 15.9 Å². The molecule has 0 amide bonds. The first-order chi connectivity index (χ1) is 12.0. The predicted octanol–water partition coefficient (Wildman–Crippen LogP) is 2.66. The summed E-state index contributed by atoms with van der Waals surface area (Å²) in [6.45, 7) is 2.70. The number of halogens is 2. The third-order valence-corrected chi connectivity index (χ3v) is 6.86. The van der Waals surface area contributed by atoms with Gasteiger partial charge in [0.05, 0.1) is 12.0 Å². The van der Waals surface area contributed by atoms with Gasteiger partial charge in [0.15, 0.2) is 14.6 Å². The van der Waals surface area contributed by atoms with Crippen LogP contribution in [0.15, 0.2) is 33.7 Å². The molecule has 2 rings (SSSR count). The molecule has 0 aliphatic heterocycles. The van der Waals surface area contributed by atoms with E-state index in [-0.39, 0.29) is 30.3 Å². The summed E-state index contributed by atoms with van der Waals surface area (Å²) >= 11 is 3.23. The molecule has 0 N–H and O–H groups in total. The zero-order valence-electron chi connectivity index (χ0n) is 14.6. The normalized spacial score (nSPS) is 14.2. The molecule has 0 saturated heterocycles. The van der Waals surface area contributed by atoms with E-state index in [1.54, 1.807) is 13.0 Å². The van der Waals surface area contributed by atoms with Gasteiger partial charge in [-0.05, 0) is 38.5 Å². The summed E-state index contributed by atoms with van der Waals surface area (Å²) < 4.78 is 43.4. The number of carbonyl (C=O) groups is 1. The maximum Gasteiger partial charge on any atom is 0.327 e. The summed E-state index contributed by atoms with van der Waals surface area (Å²) in [7, 11) is -3.82. The molecular formula is C17H19BrFNO5S. The Kier molecular flexibility index (Phi) is 5.92. The number of hydrogen-bond acceptors (Lipinski definition) is 5. The number of hydrogen-bond donors (Lipinski definition) is 0. The Hall–Kier alpha value is -1.74. The first kappa shape index (κ1) is 20.6. The summed E-state index contributed by atoms with van der Waals surface area (Å²) in [5.74, 6) is -1.50. The summed E-state index contributed by atoms with van der Waals surface area (Å²) in [6.07, 6.45) is 1.74. The smallest absolute Gasteiger partial charge is 0.327 e. The monoisotopic (exact) mass is 447 g/mol. The van der Waals surface area contributed by atoms with Crippen molar-refractivity contribution in [1.82, 2.24) is 4.57 Å². The lowest BCUT2D eigenvalue weighted by molar-refractivity contribution is -0.146. The molecule has 0 aliphatic rings. The Labute approximate surface area is 159 Å². The van der Waals surface area contributed by atoms with E-state index in [2.05, 4.69) is 15.9 Å². The first-order valence-electron chi connectivity index (χ1n) is 7.86. The topological polar surface area (TPSA) is 82.4 Å². The van der Waals surface area contributed by atoms with Crippen LogP contribution in [0.2, 0.25) is 0 Å². The summed E-state index contributed by atoms with van der Waals surface area (Å²) in [4.78, 5) is 24.7. The summed E-state index contributed by atoms with van der Waals surface area (Å²) in [5, 5.41) is 0.335. The maximum absolute atomic E-state index is 14.3. The third-order valence-electron chi connectivity index (χ3n) is 4.35. The molecule has 0 bridgehead atoms. The van der Waals surface area contributed by atoms with Crippen LogP contribution in [0.25, 0.3) is 10.8 Å². The molecule has 0 radical (unpaired) electrons. The lowest BCUT2D eigenvalue weighted by Gasteiger charge is -2.25. The number of pyridine rings is 1. The highest BCUT2D eigenvalue weighted by Crippen LogP contribution is 2.25. The maximum atomic E-state index is 14.3. The summed E-state index contributed by atoms with van der Waals surface area (Å²) in [6, 6.07) is 4.60. The quantitative estimate of drug-likeness (QED) is 0.635. The van der Waals surface area contributed by atoms with E-state index in [1.165, 1.54) is 19.1 Å². The Balaban J connectivity index is 2.45. The van der Waals surface area contributed by atoms with Crippen molar-refractivity contribution in [1.29, 1.82) is 0 Å². The number of benzene rings is 1. The van der Waals surface area contributed by atoms with E-state index in [9.17, 15) is 22.4 Å². The van der Waals surface area contributed by atoms with Crippen LogP contribution in [0.1, 0.15) is 20.3 Å². The van der Waals surface area contributed by atoms with E-state index in [4.69, 9.17) is 4.74 Å². The molecule has 26 heavy (non-hydrogen) atoms. The molecule has 1 heterocycles. The Bertz CT molecular complexity index is 1020. The highest BCUT2D eigenvalue weighted by molar-refractivity contribution is 9.10. The molecule has 0 unspecified atom stereocenters. The number of aromatic nitrogens is 1. The molecule has 6 nitrogen and oxygen atoms in total. The van der Waals surface area contributed by atoms with Gasteiger partial charge in [-0.1, -0.05) is 15.9 Å². The number of fused-ring (bicyclic) bond motifs is 1. The second-order valence-electron chi connectivity index (χ2n) is 6.14. The van der Waals surface area contributed by atoms with Crippen molar-refractivity contribution in [3.63, 3.8) is 0 Å². The molecule has 1 aromatic heterocycles. The second-order valence-corrected chi connectivity index (χ2v) is 9.50. The first-order valence-corrected chi connectivity index (χ1v) is 10.5. The standard InChI is InChI=1S/C17H19BrFNO5S/c1-4-25-16(22)17(2,26(3,23)24)7-8-20-10-14(19)13-9-11(18)5-6-12(13)15(20)21/h5-6,9-10H,4,7-8H2,1-3H3/t17-/m1/s1. The van der Waals surface area contributed by atoms with Crippen LogP contribution < -0.4 is 5.56 Å². The van der Waals surface area contributed by atoms with Gasteiger partial charge in [-0.15, -0.1) is 0 Å². The fourth-order valence-corrected chi connectivity index (χ4v) is 3.73. The van der Waals surface area contributed by atoms with Gasteiger partial charge in [0.25, 0.3) is 5.56 Å². The van der Waals surface area contributed by atoms with Crippen molar-refractivity contribution in [2.24, 2.45) is 0 Å². The van der Waals surface area contributed by atoms with Gasteiger partial charge in [0.2, 0.25) is 0 Å². The van der Waals surface area contributed by atoms with E-state index in [0.29, 0.717) is 4.47 Å². The summed E-state index contributed by atoms with van der Waals surface area (Å²) in [5.41, 5.74) is -0.464. The minimum atomic E-state index is -3.82. The van der Waals surface area contributed by atoms with Gasteiger partial charge in [-0.3, -0.25) is 9.59 Å². The minimum Gasteiger partial charge on any atom is -0.465 e. The molecule has 1 atom stereocenters. The van der Waals surface area contributed by atoms with Crippen LogP contribution in [0, 0.1) is 5.82 Å². The van der Waals surface area contributed by atoms with Gasteiger partial charge in [0.1, 0.15) is 5.82 Å². The molecule has 0 spiro atoms. The number of ether oxygens (including phenoxy) is 1. The predicted molar refractivity (Wildman–Crippen MR) is 100 cm³/mol. The van der Waals surface area contributed by atoms with Gasteiger partial charge in [0, 0.05) is 28.9 Å². The van der Waals surface area contributed by atoms with Gasteiger partial charge in [-0.25, -0.2) is 12.8 Å². The van der Waals surface area contributed by atoms with Crippen LogP contribution in [-0.4, -0.2) is 36.6 Å². The van der Waals surface area contributed by atoms with E-state index < -0.39 is 31.9 Å². The van der Waals surface area contributed by atoms with Crippen molar-refractivity contribution < 1.29 is 22.3 Å². The fourth-order valence-electron chi connectivity index (χ4n) is 2.54. The zero-order chi connectivity index (χ0) is 19.7. The molecule has 9 heteroatoms. The zero-order valence-corrected chi connectivity index (χ0v) is 17.0. The van der Waals surface area contributed by atoms with Crippen LogP contribution in [0.5, 0.6) is 0 Å². The molecule has 0 saturated carbocycles. The fraction of sp³-hybridized carbons (Fsp3) is 0.412. The van der Waals surface area contributed by atoms with Gasteiger partial charge in [-0.2, -0.15) is 0 Å². The highest BCUT2D eigenvalue weighted by atomic mass is 79.9. The number of carbonyl (C=O) groups excluding carboxylic acids is 1. The minimum absolute atomic E-state index is 0.0311. The number of rotatable bonds is 6. The average molecular weight is 448 g/mol. The number of aryl methyl sites for hydroxylation is 1. The van der Waals surface area contributed by atoms with Crippen molar-refractivity contribution in [3.8, 4) is 0 Å². The van der Waals surface area contributed by atoms with Crippen LogP contribution in [0.4, 0.5) is 4.39 Å². The Morgan fingerprint density at radius 3 is 2.58 bits per heavy atom. The van der Waals surface area contributed by atoms with E-state index in [0.717, 1.165) is 17.0 Å². The van der Waals surface area contributed by atoms with Crippen LogP contribution in [-0.2, 0) is 25.9 Å². The molecule has 2 aromatic rings. The molecule has 1 aromatic carbocycles. The molecule has 0 aliphatic carbocycles. The van der Waals surface area contributed by atoms with Crippen molar-refractivity contribution in [2.75, 3.05) is 12.9 Å². The van der Waals surface area contributed by atoms with Crippen LogP contribution in [0.3, 0.4) is 0 Å². The lowest BCUT2D eigenvalue weighted by atomic mass is 10.1. The van der Waals surface area contributed by atoms with Crippen molar-refractivity contribution in [3.05, 3.63) is 45.0 Å². The van der Waals surface area contributed by atoms with Crippen molar-refractivity contribution >= 4 is 42.5 Å². The van der Waals surface area contributed by atoms with Gasteiger partial charge < -0.3 is 9.30 Å². The average Bonchev–Trinajstić information content (AvgIpc) is 2.55. The largest absolute Gasteiger partial charge is 0.465 e. The second kappa shape index (κ2) is 7.48.